The first-order chi connectivity index (χ1) is 7.15. The van der Waals surface area contributed by atoms with Gasteiger partial charge in [-0.1, -0.05) is 12.1 Å². The van der Waals surface area contributed by atoms with Gasteiger partial charge in [-0.15, -0.1) is 0 Å². The summed E-state index contributed by atoms with van der Waals surface area (Å²) < 4.78 is 12.7. The number of nitrogens with one attached hydrogen (secondary N) is 2. The van der Waals surface area contributed by atoms with Crippen molar-refractivity contribution in [1.29, 1.82) is 0 Å². The fraction of sp³-hybridized carbons (Fsp3) is 0.111. The van der Waals surface area contributed by atoms with Crippen LogP contribution in [0.1, 0.15) is 11.7 Å². The van der Waals surface area contributed by atoms with E-state index in [-0.39, 0.29) is 17.9 Å². The molecule has 0 radical (unpaired) electrons. The number of thiocarbonyl (C=S) groups is 1. The Hall–Kier alpha value is -1.69. The Morgan fingerprint density at radius 3 is 2.60 bits per heavy atom. The number of rotatable bonds is 1. The van der Waals surface area contributed by atoms with E-state index in [1.54, 1.807) is 12.1 Å². The van der Waals surface area contributed by atoms with Crippen LogP contribution in [-0.4, -0.2) is 11.1 Å². The molecule has 1 aliphatic rings. The zero-order chi connectivity index (χ0) is 10.8. The number of hydrogen-bond acceptors (Lipinski definition) is 3. The fourth-order valence-corrected chi connectivity index (χ4v) is 1.50. The normalized spacial score (nSPS) is 20.2. The van der Waals surface area contributed by atoms with Crippen molar-refractivity contribution in [2.75, 3.05) is 0 Å². The minimum atomic E-state index is -0.348. The van der Waals surface area contributed by atoms with Gasteiger partial charge in [-0.2, -0.15) is 0 Å². The predicted molar refractivity (Wildman–Crippen MR) is 59.6 cm³/mol. The summed E-state index contributed by atoms with van der Waals surface area (Å²) >= 11 is 4.93. The molecule has 78 valence electrons. The average molecular weight is 224 g/mol. The maximum absolute atomic E-state index is 12.7. The largest absolute Gasteiger partial charge is 0.370 e. The van der Waals surface area contributed by atoms with Gasteiger partial charge in [0.2, 0.25) is 0 Å². The van der Waals surface area contributed by atoms with Gasteiger partial charge in [0.25, 0.3) is 0 Å². The first kappa shape index (κ1) is 9.85. The summed E-state index contributed by atoms with van der Waals surface area (Å²) in [5.41, 5.74) is 6.33. The summed E-state index contributed by atoms with van der Waals surface area (Å²) in [7, 11) is 0. The average Bonchev–Trinajstić information content (AvgIpc) is 2.17. The van der Waals surface area contributed by atoms with Crippen LogP contribution >= 0.6 is 12.2 Å². The Morgan fingerprint density at radius 2 is 2.00 bits per heavy atom. The molecule has 0 amide bonds. The highest BCUT2D eigenvalue weighted by Gasteiger charge is 2.16. The van der Waals surface area contributed by atoms with Crippen LogP contribution in [0.3, 0.4) is 0 Å². The summed E-state index contributed by atoms with van der Waals surface area (Å²) in [6, 6.07) is 6.01. The van der Waals surface area contributed by atoms with Crippen molar-refractivity contribution < 1.29 is 4.39 Å². The highest BCUT2D eigenvalue weighted by atomic mass is 32.1. The van der Waals surface area contributed by atoms with Crippen molar-refractivity contribution in [2.45, 2.75) is 6.17 Å². The third kappa shape index (κ3) is 2.21. The molecule has 15 heavy (non-hydrogen) atoms. The van der Waals surface area contributed by atoms with Crippen LogP contribution in [0.15, 0.2) is 29.3 Å². The lowest BCUT2D eigenvalue weighted by molar-refractivity contribution is 0.620. The summed E-state index contributed by atoms with van der Waals surface area (Å²) in [5.74, 6) is -0.0275. The number of hydrogen-bond donors (Lipinski definition) is 3. The SMILES string of the molecule is NC1=N[C@H](c2ccc(F)cc2)NC(=S)N1. The van der Waals surface area contributed by atoms with E-state index in [0.717, 1.165) is 5.56 Å². The Morgan fingerprint density at radius 1 is 1.33 bits per heavy atom. The van der Waals surface area contributed by atoms with Gasteiger partial charge >= 0.3 is 0 Å². The van der Waals surface area contributed by atoms with Crippen LogP contribution in [0.25, 0.3) is 0 Å². The molecule has 0 bridgehead atoms. The van der Waals surface area contributed by atoms with Crippen molar-refractivity contribution in [2.24, 2.45) is 10.7 Å². The van der Waals surface area contributed by atoms with Gasteiger partial charge in [-0.25, -0.2) is 9.38 Å². The Kier molecular flexibility index (Phi) is 2.51. The lowest BCUT2D eigenvalue weighted by Crippen LogP contribution is -2.49. The number of aliphatic imine (C=N–C) groups is 1. The third-order valence-corrected chi connectivity index (χ3v) is 2.18. The summed E-state index contributed by atoms with van der Waals surface area (Å²) in [6.07, 6.45) is -0.348. The highest BCUT2D eigenvalue weighted by Crippen LogP contribution is 2.16. The van der Waals surface area contributed by atoms with Gasteiger partial charge in [-0.05, 0) is 29.9 Å². The second kappa shape index (κ2) is 3.82. The number of guanidine groups is 1. The van der Waals surface area contributed by atoms with E-state index in [1.165, 1.54) is 12.1 Å². The van der Waals surface area contributed by atoms with E-state index >= 15 is 0 Å². The van der Waals surface area contributed by atoms with Gasteiger partial charge in [0.1, 0.15) is 12.0 Å². The van der Waals surface area contributed by atoms with Crippen molar-refractivity contribution in [3.05, 3.63) is 35.6 Å². The minimum Gasteiger partial charge on any atom is -0.370 e. The van der Waals surface area contributed by atoms with E-state index in [2.05, 4.69) is 15.6 Å². The molecule has 0 fully saturated rings. The molecule has 2 rings (SSSR count). The summed E-state index contributed by atoms with van der Waals surface area (Å²) in [4.78, 5) is 4.09. The molecule has 1 heterocycles. The molecule has 1 atom stereocenters. The molecule has 4 N–H and O–H groups in total. The molecular formula is C9H9FN4S. The standard InChI is InChI=1S/C9H9FN4S/c10-6-3-1-5(2-4-6)7-12-8(11)14-9(15)13-7/h1-4,7H,(H4,11,12,13,14,15)/t7-/m0/s1. The Labute approximate surface area is 91.4 Å². The van der Waals surface area contributed by atoms with Gasteiger partial charge < -0.3 is 16.4 Å². The van der Waals surface area contributed by atoms with Crippen LogP contribution in [0.2, 0.25) is 0 Å². The molecule has 0 unspecified atom stereocenters. The zero-order valence-electron chi connectivity index (χ0n) is 7.70. The monoisotopic (exact) mass is 224 g/mol. The molecule has 0 aliphatic carbocycles. The predicted octanol–water partition coefficient (Wildman–Crippen LogP) is 0.617. The minimum absolute atomic E-state index is 0.257. The molecule has 0 saturated heterocycles. The summed E-state index contributed by atoms with van der Waals surface area (Å²) in [6.45, 7) is 0. The maximum atomic E-state index is 12.7. The van der Waals surface area contributed by atoms with Crippen LogP contribution in [-0.2, 0) is 0 Å². The molecular weight excluding hydrogens is 215 g/mol. The smallest absolute Gasteiger partial charge is 0.197 e. The van der Waals surface area contributed by atoms with Gasteiger partial charge in [0.05, 0.1) is 0 Å². The van der Waals surface area contributed by atoms with E-state index in [0.29, 0.717) is 5.11 Å². The van der Waals surface area contributed by atoms with Crippen molar-refractivity contribution >= 4 is 23.3 Å². The van der Waals surface area contributed by atoms with Crippen molar-refractivity contribution in [1.82, 2.24) is 10.6 Å². The molecule has 0 spiro atoms. The second-order valence-electron chi connectivity index (χ2n) is 3.07. The highest BCUT2D eigenvalue weighted by molar-refractivity contribution is 7.80. The van der Waals surface area contributed by atoms with E-state index < -0.39 is 0 Å². The Balaban J connectivity index is 2.27. The number of halogens is 1. The second-order valence-corrected chi connectivity index (χ2v) is 3.48. The molecule has 1 aromatic rings. The molecule has 4 nitrogen and oxygen atoms in total. The first-order valence-electron chi connectivity index (χ1n) is 4.31. The van der Waals surface area contributed by atoms with Gasteiger partial charge in [-0.3, -0.25) is 0 Å². The van der Waals surface area contributed by atoms with Crippen molar-refractivity contribution in [3.8, 4) is 0 Å². The molecule has 0 saturated carbocycles. The first-order valence-corrected chi connectivity index (χ1v) is 4.72. The zero-order valence-corrected chi connectivity index (χ0v) is 8.51. The Bertz CT molecular complexity index is 415. The van der Waals surface area contributed by atoms with Crippen LogP contribution < -0.4 is 16.4 Å². The van der Waals surface area contributed by atoms with E-state index in [1.807, 2.05) is 0 Å². The topological polar surface area (TPSA) is 62.4 Å². The molecule has 0 aromatic heterocycles. The van der Waals surface area contributed by atoms with E-state index in [9.17, 15) is 4.39 Å². The third-order valence-electron chi connectivity index (χ3n) is 1.96. The number of nitrogens with two attached hydrogens (primary N) is 1. The van der Waals surface area contributed by atoms with Crippen molar-refractivity contribution in [3.63, 3.8) is 0 Å². The quantitative estimate of drug-likeness (QED) is 0.612. The molecule has 1 aromatic carbocycles. The van der Waals surface area contributed by atoms with Crippen LogP contribution in [0.5, 0.6) is 0 Å². The van der Waals surface area contributed by atoms with Gasteiger partial charge in [0, 0.05) is 0 Å². The summed E-state index contributed by atoms with van der Waals surface area (Å²) in [5, 5.41) is 5.99. The molecule has 6 heteroatoms. The maximum Gasteiger partial charge on any atom is 0.197 e. The number of nitrogens with zero attached hydrogens (tertiary/aromatic N) is 1. The fourth-order valence-electron chi connectivity index (χ4n) is 1.28. The van der Waals surface area contributed by atoms with Gasteiger partial charge in [0.15, 0.2) is 11.1 Å². The number of benzene rings is 1. The lowest BCUT2D eigenvalue weighted by atomic mass is 10.1. The van der Waals surface area contributed by atoms with Crippen LogP contribution in [0, 0.1) is 5.82 Å². The molecule has 1 aliphatic heterocycles. The van der Waals surface area contributed by atoms with Crippen LogP contribution in [0.4, 0.5) is 4.39 Å². The lowest BCUT2D eigenvalue weighted by Gasteiger charge is -2.23. The van der Waals surface area contributed by atoms with E-state index in [4.69, 9.17) is 18.0 Å².